The number of benzene rings is 1. The van der Waals surface area contributed by atoms with Crippen LogP contribution in [0.25, 0.3) is 0 Å². The molecule has 0 saturated carbocycles. The zero-order chi connectivity index (χ0) is 17.8. The van der Waals surface area contributed by atoms with Crippen molar-refractivity contribution >= 4 is 17.9 Å². The Balaban J connectivity index is 2.05. The maximum atomic E-state index is 11.6. The molecule has 6 heteroatoms. The highest BCUT2D eigenvalue weighted by Crippen LogP contribution is 2.05. The molecule has 1 aromatic rings. The summed E-state index contributed by atoms with van der Waals surface area (Å²) < 4.78 is 15.1. The van der Waals surface area contributed by atoms with E-state index in [2.05, 4.69) is 0 Å². The van der Waals surface area contributed by atoms with Crippen LogP contribution in [-0.2, 0) is 35.2 Å². The third-order valence-electron chi connectivity index (χ3n) is 3.15. The van der Waals surface area contributed by atoms with Gasteiger partial charge in [0.1, 0.15) is 6.61 Å². The third kappa shape index (κ3) is 9.61. The summed E-state index contributed by atoms with van der Waals surface area (Å²) in [6, 6.07) is 9.42. The zero-order valence-electron chi connectivity index (χ0n) is 14.2. The quantitative estimate of drug-likeness (QED) is 0.371. The number of ether oxygens (including phenoxy) is 3. The van der Waals surface area contributed by atoms with E-state index in [-0.39, 0.29) is 50.1 Å². The number of carbonyl (C=O) groups excluding carboxylic acids is 3. The molecule has 1 rings (SSSR count). The van der Waals surface area contributed by atoms with E-state index in [0.717, 1.165) is 5.56 Å². The Morgan fingerprint density at radius 1 is 1.00 bits per heavy atom. The fourth-order valence-electron chi connectivity index (χ4n) is 1.95. The van der Waals surface area contributed by atoms with Crippen LogP contribution in [0.3, 0.4) is 0 Å². The molecule has 0 aliphatic rings. The predicted molar refractivity (Wildman–Crippen MR) is 86.9 cm³/mol. The SMILES string of the molecule is CC(=O)OC(C)CCC(=O)OCCCC(=O)OCc1ccccc1. The van der Waals surface area contributed by atoms with Gasteiger partial charge in [0.25, 0.3) is 0 Å². The topological polar surface area (TPSA) is 78.9 Å². The molecule has 0 fully saturated rings. The Kier molecular flexibility index (Phi) is 9.19. The third-order valence-corrected chi connectivity index (χ3v) is 3.15. The van der Waals surface area contributed by atoms with Crippen molar-refractivity contribution in [3.8, 4) is 0 Å². The average Bonchev–Trinajstić information content (AvgIpc) is 2.55. The van der Waals surface area contributed by atoms with Crippen molar-refractivity contribution in [1.82, 2.24) is 0 Å². The van der Waals surface area contributed by atoms with Gasteiger partial charge < -0.3 is 14.2 Å². The highest BCUT2D eigenvalue weighted by atomic mass is 16.5. The number of esters is 3. The van der Waals surface area contributed by atoms with Gasteiger partial charge in [0, 0.05) is 19.8 Å². The lowest BCUT2D eigenvalue weighted by molar-refractivity contribution is -0.150. The van der Waals surface area contributed by atoms with Crippen LogP contribution in [0.2, 0.25) is 0 Å². The minimum absolute atomic E-state index is 0.168. The summed E-state index contributed by atoms with van der Waals surface area (Å²) >= 11 is 0. The molecule has 0 saturated heterocycles. The van der Waals surface area contributed by atoms with E-state index in [4.69, 9.17) is 14.2 Å². The van der Waals surface area contributed by atoms with Crippen molar-refractivity contribution in [2.75, 3.05) is 6.61 Å². The van der Waals surface area contributed by atoms with Gasteiger partial charge in [-0.05, 0) is 25.3 Å². The summed E-state index contributed by atoms with van der Waals surface area (Å²) in [5, 5.41) is 0. The van der Waals surface area contributed by atoms with Gasteiger partial charge in [0.2, 0.25) is 0 Å². The Morgan fingerprint density at radius 2 is 1.67 bits per heavy atom. The first-order valence-electron chi connectivity index (χ1n) is 7.99. The number of carbonyl (C=O) groups is 3. The lowest BCUT2D eigenvalue weighted by atomic mass is 10.2. The van der Waals surface area contributed by atoms with Gasteiger partial charge in [-0.2, -0.15) is 0 Å². The molecule has 0 heterocycles. The minimum Gasteiger partial charge on any atom is -0.466 e. The molecule has 24 heavy (non-hydrogen) atoms. The van der Waals surface area contributed by atoms with Gasteiger partial charge in [-0.25, -0.2) is 0 Å². The van der Waals surface area contributed by atoms with Crippen LogP contribution in [0.4, 0.5) is 0 Å². The smallest absolute Gasteiger partial charge is 0.306 e. The summed E-state index contributed by atoms with van der Waals surface area (Å²) in [4.78, 5) is 33.8. The van der Waals surface area contributed by atoms with Crippen molar-refractivity contribution in [1.29, 1.82) is 0 Å². The van der Waals surface area contributed by atoms with Crippen LogP contribution in [0.1, 0.15) is 45.1 Å². The van der Waals surface area contributed by atoms with Crippen molar-refractivity contribution in [2.45, 2.75) is 52.2 Å². The summed E-state index contributed by atoms with van der Waals surface area (Å²) in [7, 11) is 0. The maximum absolute atomic E-state index is 11.6. The lowest BCUT2D eigenvalue weighted by Gasteiger charge is -2.11. The summed E-state index contributed by atoms with van der Waals surface area (Å²) in [5.74, 6) is -1.06. The molecule has 0 aliphatic heterocycles. The Morgan fingerprint density at radius 3 is 2.33 bits per heavy atom. The summed E-state index contributed by atoms with van der Waals surface area (Å²) in [5.41, 5.74) is 0.930. The van der Waals surface area contributed by atoms with Crippen LogP contribution in [0.5, 0.6) is 0 Å². The van der Waals surface area contributed by atoms with Gasteiger partial charge >= 0.3 is 17.9 Å². The van der Waals surface area contributed by atoms with Crippen LogP contribution in [0.15, 0.2) is 30.3 Å². The van der Waals surface area contributed by atoms with E-state index < -0.39 is 0 Å². The molecule has 6 nitrogen and oxygen atoms in total. The molecule has 0 aromatic heterocycles. The number of hydrogen-bond donors (Lipinski definition) is 0. The van der Waals surface area contributed by atoms with Crippen LogP contribution < -0.4 is 0 Å². The zero-order valence-corrected chi connectivity index (χ0v) is 14.2. The molecule has 1 atom stereocenters. The summed E-state index contributed by atoms with van der Waals surface area (Å²) in [6.07, 6.45) is 0.885. The molecule has 0 aliphatic carbocycles. The fraction of sp³-hybridized carbons (Fsp3) is 0.500. The van der Waals surface area contributed by atoms with E-state index in [9.17, 15) is 14.4 Å². The second-order valence-electron chi connectivity index (χ2n) is 5.43. The minimum atomic E-state index is -0.370. The second kappa shape index (κ2) is 11.2. The Hall–Kier alpha value is -2.37. The fourth-order valence-corrected chi connectivity index (χ4v) is 1.95. The Labute approximate surface area is 142 Å². The first kappa shape index (κ1) is 19.7. The Bertz CT molecular complexity index is 526. The monoisotopic (exact) mass is 336 g/mol. The lowest BCUT2D eigenvalue weighted by Crippen LogP contribution is -2.15. The molecule has 0 bridgehead atoms. The predicted octanol–water partition coefficient (Wildman–Crippen LogP) is 2.79. The normalized spacial score (nSPS) is 11.4. The number of hydrogen-bond acceptors (Lipinski definition) is 6. The molecule has 1 unspecified atom stereocenters. The van der Waals surface area contributed by atoms with Gasteiger partial charge in [0.05, 0.1) is 12.7 Å². The van der Waals surface area contributed by atoms with E-state index in [1.807, 2.05) is 30.3 Å². The largest absolute Gasteiger partial charge is 0.466 e. The molecular formula is C18H24O6. The van der Waals surface area contributed by atoms with Gasteiger partial charge in [0.15, 0.2) is 0 Å². The molecule has 0 N–H and O–H groups in total. The summed E-state index contributed by atoms with van der Waals surface area (Å²) in [6.45, 7) is 3.46. The van der Waals surface area contributed by atoms with Crippen LogP contribution in [-0.4, -0.2) is 30.6 Å². The van der Waals surface area contributed by atoms with E-state index in [1.165, 1.54) is 6.92 Å². The van der Waals surface area contributed by atoms with E-state index in [0.29, 0.717) is 12.8 Å². The molecule has 0 spiro atoms. The first-order chi connectivity index (χ1) is 11.5. The van der Waals surface area contributed by atoms with E-state index in [1.54, 1.807) is 6.92 Å². The van der Waals surface area contributed by atoms with Gasteiger partial charge in [-0.15, -0.1) is 0 Å². The maximum Gasteiger partial charge on any atom is 0.306 e. The highest BCUT2D eigenvalue weighted by Gasteiger charge is 2.10. The van der Waals surface area contributed by atoms with Gasteiger partial charge in [-0.1, -0.05) is 30.3 Å². The first-order valence-corrected chi connectivity index (χ1v) is 7.99. The molecule has 132 valence electrons. The average molecular weight is 336 g/mol. The number of rotatable bonds is 10. The van der Waals surface area contributed by atoms with Crippen molar-refractivity contribution in [2.24, 2.45) is 0 Å². The van der Waals surface area contributed by atoms with Crippen molar-refractivity contribution < 1.29 is 28.6 Å². The molecule has 0 amide bonds. The van der Waals surface area contributed by atoms with Crippen molar-refractivity contribution in [3.63, 3.8) is 0 Å². The molecule has 1 aromatic carbocycles. The molecular weight excluding hydrogens is 312 g/mol. The van der Waals surface area contributed by atoms with Crippen LogP contribution >= 0.6 is 0 Å². The second-order valence-corrected chi connectivity index (χ2v) is 5.43. The highest BCUT2D eigenvalue weighted by molar-refractivity contribution is 5.70. The van der Waals surface area contributed by atoms with E-state index >= 15 is 0 Å². The van der Waals surface area contributed by atoms with Crippen molar-refractivity contribution in [3.05, 3.63) is 35.9 Å². The standard InChI is InChI=1S/C18H24O6/c1-14(24-15(2)19)10-11-18(21)22-12-6-9-17(20)23-13-16-7-4-3-5-8-16/h3-5,7-8,14H,6,9-13H2,1-2H3. The molecule has 0 radical (unpaired) electrons. The van der Waals surface area contributed by atoms with Gasteiger partial charge in [-0.3, -0.25) is 14.4 Å². The van der Waals surface area contributed by atoms with Crippen LogP contribution in [0, 0.1) is 0 Å².